The minimum Gasteiger partial charge on any atom is -0.392 e. The lowest BCUT2D eigenvalue weighted by atomic mass is 10.1. The Kier molecular flexibility index (Phi) is 4.25. The van der Waals surface area contributed by atoms with Crippen LogP contribution in [0, 0.1) is 6.92 Å². The minimum atomic E-state index is 0.131. The first-order chi connectivity index (χ1) is 8.65. The van der Waals surface area contributed by atoms with Gasteiger partial charge >= 0.3 is 0 Å². The van der Waals surface area contributed by atoms with Crippen LogP contribution in [0.5, 0.6) is 0 Å². The molecule has 1 aliphatic rings. The number of likely N-dealkylation sites (N-methyl/N-ethyl adjacent to an activating group) is 1. The van der Waals surface area contributed by atoms with Gasteiger partial charge in [0.25, 0.3) is 0 Å². The summed E-state index contributed by atoms with van der Waals surface area (Å²) in [4.78, 5) is 4.97. The first kappa shape index (κ1) is 13.4. The van der Waals surface area contributed by atoms with E-state index >= 15 is 0 Å². The molecule has 0 saturated carbocycles. The van der Waals surface area contributed by atoms with Gasteiger partial charge < -0.3 is 10.0 Å². The molecule has 1 fully saturated rings. The number of aliphatic hydroxyl groups excluding tert-OH is 1. The summed E-state index contributed by atoms with van der Waals surface area (Å²) in [7, 11) is 0. The molecule has 3 nitrogen and oxygen atoms in total. The molecule has 0 bridgehead atoms. The van der Waals surface area contributed by atoms with Gasteiger partial charge in [-0.05, 0) is 43.7 Å². The van der Waals surface area contributed by atoms with E-state index in [2.05, 4.69) is 42.7 Å². The van der Waals surface area contributed by atoms with Gasteiger partial charge in [-0.1, -0.05) is 13.0 Å². The smallest absolute Gasteiger partial charge is 0.0684 e. The first-order valence-electron chi connectivity index (χ1n) is 6.85. The SMILES string of the molecule is CCN1CCN(c2ccc(CO)c(C)c2)CC1C. The summed E-state index contributed by atoms with van der Waals surface area (Å²) in [6, 6.07) is 6.98. The fourth-order valence-electron chi connectivity index (χ4n) is 2.75. The molecule has 0 spiro atoms. The number of rotatable bonds is 3. The molecule has 1 unspecified atom stereocenters. The molecule has 1 heterocycles. The third-order valence-electron chi connectivity index (χ3n) is 4.03. The number of hydrogen-bond acceptors (Lipinski definition) is 3. The largest absolute Gasteiger partial charge is 0.392 e. The van der Waals surface area contributed by atoms with Gasteiger partial charge in [0.15, 0.2) is 0 Å². The lowest BCUT2D eigenvalue weighted by Crippen LogP contribution is -2.51. The van der Waals surface area contributed by atoms with E-state index in [0.29, 0.717) is 6.04 Å². The average molecular weight is 248 g/mol. The number of nitrogens with zero attached hydrogens (tertiary/aromatic N) is 2. The molecule has 1 atom stereocenters. The molecule has 1 aromatic rings. The second-order valence-corrected chi connectivity index (χ2v) is 5.19. The van der Waals surface area contributed by atoms with Crippen molar-refractivity contribution in [2.75, 3.05) is 31.1 Å². The third kappa shape index (κ3) is 2.68. The van der Waals surface area contributed by atoms with Gasteiger partial charge in [-0.3, -0.25) is 4.90 Å². The second-order valence-electron chi connectivity index (χ2n) is 5.19. The predicted molar refractivity (Wildman–Crippen MR) is 76.0 cm³/mol. The van der Waals surface area contributed by atoms with Crippen molar-refractivity contribution in [1.29, 1.82) is 0 Å². The van der Waals surface area contributed by atoms with Gasteiger partial charge in [0.05, 0.1) is 6.61 Å². The molecule has 1 saturated heterocycles. The van der Waals surface area contributed by atoms with Crippen LogP contribution in [0.3, 0.4) is 0 Å². The van der Waals surface area contributed by atoms with Gasteiger partial charge in [0.1, 0.15) is 0 Å². The molecule has 1 N–H and O–H groups in total. The molecule has 0 amide bonds. The highest BCUT2D eigenvalue weighted by molar-refractivity contribution is 5.51. The lowest BCUT2D eigenvalue weighted by molar-refractivity contribution is 0.199. The fourth-order valence-corrected chi connectivity index (χ4v) is 2.75. The maximum Gasteiger partial charge on any atom is 0.0684 e. The number of aryl methyl sites for hydroxylation is 1. The molecule has 0 radical (unpaired) electrons. The summed E-state index contributed by atoms with van der Waals surface area (Å²) in [5.41, 5.74) is 3.49. The maximum absolute atomic E-state index is 9.21. The van der Waals surface area contributed by atoms with Crippen LogP contribution in [-0.2, 0) is 6.61 Å². The second kappa shape index (κ2) is 5.72. The fraction of sp³-hybridized carbons (Fsp3) is 0.600. The van der Waals surface area contributed by atoms with E-state index in [1.54, 1.807) is 0 Å². The van der Waals surface area contributed by atoms with Crippen LogP contribution in [0.4, 0.5) is 5.69 Å². The topological polar surface area (TPSA) is 26.7 Å². The van der Waals surface area contributed by atoms with Crippen molar-refractivity contribution in [3.63, 3.8) is 0 Å². The van der Waals surface area contributed by atoms with Crippen molar-refractivity contribution in [2.45, 2.75) is 33.4 Å². The van der Waals surface area contributed by atoms with Crippen molar-refractivity contribution >= 4 is 5.69 Å². The molecule has 18 heavy (non-hydrogen) atoms. The van der Waals surface area contributed by atoms with Gasteiger partial charge in [-0.15, -0.1) is 0 Å². The van der Waals surface area contributed by atoms with Crippen molar-refractivity contribution in [1.82, 2.24) is 4.90 Å². The Balaban J connectivity index is 2.11. The van der Waals surface area contributed by atoms with Crippen LogP contribution in [0.2, 0.25) is 0 Å². The van der Waals surface area contributed by atoms with Gasteiger partial charge in [0, 0.05) is 31.4 Å². The minimum absolute atomic E-state index is 0.131. The summed E-state index contributed by atoms with van der Waals surface area (Å²) in [5.74, 6) is 0. The molecule has 0 aromatic heterocycles. The number of hydrogen-bond donors (Lipinski definition) is 1. The van der Waals surface area contributed by atoms with Gasteiger partial charge in [-0.25, -0.2) is 0 Å². The van der Waals surface area contributed by atoms with E-state index in [1.807, 2.05) is 6.07 Å². The lowest BCUT2D eigenvalue weighted by Gasteiger charge is -2.40. The molecular weight excluding hydrogens is 224 g/mol. The number of benzene rings is 1. The van der Waals surface area contributed by atoms with Crippen molar-refractivity contribution in [3.8, 4) is 0 Å². The Morgan fingerprint density at radius 3 is 2.67 bits per heavy atom. The number of piperazine rings is 1. The Labute approximate surface area is 110 Å². The number of anilines is 1. The van der Waals surface area contributed by atoms with Gasteiger partial charge in [0.2, 0.25) is 0 Å². The van der Waals surface area contributed by atoms with Crippen LogP contribution in [0.1, 0.15) is 25.0 Å². The van der Waals surface area contributed by atoms with E-state index in [4.69, 9.17) is 0 Å². The first-order valence-corrected chi connectivity index (χ1v) is 6.85. The maximum atomic E-state index is 9.21. The highest BCUT2D eigenvalue weighted by Gasteiger charge is 2.22. The van der Waals surface area contributed by atoms with Gasteiger partial charge in [-0.2, -0.15) is 0 Å². The summed E-state index contributed by atoms with van der Waals surface area (Å²) >= 11 is 0. The van der Waals surface area contributed by atoms with E-state index in [9.17, 15) is 5.11 Å². The summed E-state index contributed by atoms with van der Waals surface area (Å²) in [5, 5.41) is 9.21. The van der Waals surface area contributed by atoms with E-state index < -0.39 is 0 Å². The van der Waals surface area contributed by atoms with Crippen LogP contribution >= 0.6 is 0 Å². The quantitative estimate of drug-likeness (QED) is 0.886. The summed E-state index contributed by atoms with van der Waals surface area (Å²) < 4.78 is 0. The average Bonchev–Trinajstić information content (AvgIpc) is 2.38. The van der Waals surface area contributed by atoms with Crippen molar-refractivity contribution in [3.05, 3.63) is 29.3 Å². The van der Waals surface area contributed by atoms with Crippen molar-refractivity contribution in [2.24, 2.45) is 0 Å². The van der Waals surface area contributed by atoms with Crippen LogP contribution in [0.15, 0.2) is 18.2 Å². The Morgan fingerprint density at radius 1 is 1.33 bits per heavy atom. The zero-order chi connectivity index (χ0) is 13.1. The van der Waals surface area contributed by atoms with Crippen molar-refractivity contribution < 1.29 is 5.11 Å². The standard InChI is InChI=1S/C15H24N2O/c1-4-16-7-8-17(10-13(16)3)15-6-5-14(11-18)12(2)9-15/h5-6,9,13,18H,4,7-8,10-11H2,1-3H3. The van der Waals surface area contributed by atoms with E-state index in [1.165, 1.54) is 11.3 Å². The third-order valence-corrected chi connectivity index (χ3v) is 4.03. The van der Waals surface area contributed by atoms with Crippen LogP contribution < -0.4 is 4.90 Å². The highest BCUT2D eigenvalue weighted by atomic mass is 16.3. The normalized spacial score (nSPS) is 21.3. The molecule has 2 rings (SSSR count). The zero-order valence-electron chi connectivity index (χ0n) is 11.7. The molecule has 3 heteroatoms. The Morgan fingerprint density at radius 2 is 2.11 bits per heavy atom. The zero-order valence-corrected chi connectivity index (χ0v) is 11.7. The van der Waals surface area contributed by atoms with E-state index in [0.717, 1.165) is 31.7 Å². The summed E-state index contributed by atoms with van der Waals surface area (Å²) in [6.45, 7) is 11.2. The molecular formula is C15H24N2O. The summed E-state index contributed by atoms with van der Waals surface area (Å²) in [6.07, 6.45) is 0. The Bertz CT molecular complexity index is 405. The predicted octanol–water partition coefficient (Wildman–Crippen LogP) is 2.02. The number of aliphatic hydroxyl groups is 1. The van der Waals surface area contributed by atoms with Crippen LogP contribution in [0.25, 0.3) is 0 Å². The highest BCUT2D eigenvalue weighted by Crippen LogP contribution is 2.22. The Hall–Kier alpha value is -1.06. The molecule has 100 valence electrons. The molecule has 1 aromatic carbocycles. The molecule has 0 aliphatic carbocycles. The molecule has 1 aliphatic heterocycles. The van der Waals surface area contributed by atoms with Crippen LogP contribution in [-0.4, -0.2) is 42.2 Å². The monoisotopic (exact) mass is 248 g/mol. The van der Waals surface area contributed by atoms with E-state index in [-0.39, 0.29) is 6.61 Å².